The Morgan fingerprint density at radius 2 is 0.646 bits per heavy atom. The van der Waals surface area contributed by atoms with Crippen molar-refractivity contribution in [3.8, 4) is 50.2 Å². The fraction of sp³-hybridized carbons (Fsp3) is 0.0159. The third-order valence-electron chi connectivity index (χ3n) is 13.1. The lowest BCUT2D eigenvalue weighted by molar-refractivity contribution is 1.17. The van der Waals surface area contributed by atoms with Crippen LogP contribution in [0, 0.1) is 6.92 Å². The van der Waals surface area contributed by atoms with Crippen molar-refractivity contribution in [3.05, 3.63) is 254 Å². The number of aryl methyl sites for hydroxylation is 1. The summed E-state index contributed by atoms with van der Waals surface area (Å²) in [5, 5.41) is 7.58. The maximum absolute atomic E-state index is 2.37. The lowest BCUT2D eigenvalue weighted by atomic mass is 9.85. The predicted molar refractivity (Wildman–Crippen MR) is 277 cm³/mol. The molecule has 0 radical (unpaired) electrons. The summed E-state index contributed by atoms with van der Waals surface area (Å²) in [6.45, 7) is 2.19. The molecule has 11 aromatic carbocycles. The smallest absolute Gasteiger partial charge is 0.0541 e. The molecule has 1 aromatic heterocycles. The zero-order valence-electron chi connectivity index (χ0n) is 36.1. The first kappa shape index (κ1) is 38.2. The molecule has 65 heavy (non-hydrogen) atoms. The highest BCUT2D eigenvalue weighted by Gasteiger charge is 2.19. The van der Waals surface area contributed by atoms with Crippen LogP contribution in [-0.2, 0) is 0 Å². The van der Waals surface area contributed by atoms with E-state index in [-0.39, 0.29) is 0 Å². The third-order valence-corrected chi connectivity index (χ3v) is 13.1. The van der Waals surface area contributed by atoms with Gasteiger partial charge in [-0.1, -0.05) is 194 Å². The second kappa shape index (κ2) is 16.0. The molecule has 0 unspecified atom stereocenters. The van der Waals surface area contributed by atoms with Crippen LogP contribution < -0.4 is 4.90 Å². The summed E-state index contributed by atoms with van der Waals surface area (Å²) >= 11 is 0. The Morgan fingerprint density at radius 1 is 0.277 bits per heavy atom. The van der Waals surface area contributed by atoms with Gasteiger partial charge in [0.05, 0.1) is 11.0 Å². The maximum Gasteiger partial charge on any atom is 0.0541 e. The van der Waals surface area contributed by atoms with E-state index in [1.165, 1.54) is 93.4 Å². The quantitative estimate of drug-likeness (QED) is 0.139. The van der Waals surface area contributed by atoms with Gasteiger partial charge in [-0.05, 0) is 134 Å². The minimum absolute atomic E-state index is 1.10. The number of nitrogens with zero attached hydrogens (tertiary/aromatic N) is 2. The molecule has 0 fully saturated rings. The van der Waals surface area contributed by atoms with Crippen molar-refractivity contribution in [3.63, 3.8) is 0 Å². The Labute approximate surface area is 379 Å². The monoisotopic (exact) mass is 828 g/mol. The second-order valence-corrected chi connectivity index (χ2v) is 17.0. The van der Waals surface area contributed by atoms with Crippen LogP contribution in [0.5, 0.6) is 0 Å². The average Bonchev–Trinajstić information content (AvgIpc) is 3.71. The highest BCUT2D eigenvalue weighted by molar-refractivity contribution is 6.21. The van der Waals surface area contributed by atoms with Crippen molar-refractivity contribution >= 4 is 60.4 Å². The van der Waals surface area contributed by atoms with E-state index >= 15 is 0 Å². The Morgan fingerprint density at radius 3 is 1.18 bits per heavy atom. The first-order chi connectivity index (χ1) is 32.2. The van der Waals surface area contributed by atoms with Crippen LogP contribution in [0.15, 0.2) is 249 Å². The van der Waals surface area contributed by atoms with Gasteiger partial charge in [-0.3, -0.25) is 0 Å². The number of anilines is 3. The number of hydrogen-bond donors (Lipinski definition) is 0. The van der Waals surface area contributed by atoms with Gasteiger partial charge in [0, 0.05) is 33.5 Å². The lowest BCUT2D eigenvalue weighted by Crippen LogP contribution is -2.10. The fourth-order valence-corrected chi connectivity index (χ4v) is 9.98. The molecule has 2 nitrogen and oxygen atoms in total. The summed E-state index contributed by atoms with van der Waals surface area (Å²) in [5.74, 6) is 0. The average molecular weight is 829 g/mol. The van der Waals surface area contributed by atoms with Crippen LogP contribution in [0.4, 0.5) is 17.1 Å². The summed E-state index contributed by atoms with van der Waals surface area (Å²) in [6.07, 6.45) is 0. The Hall–Kier alpha value is -8.46. The summed E-state index contributed by atoms with van der Waals surface area (Å²) < 4.78 is 2.37. The molecule has 0 saturated heterocycles. The number of fused-ring (bicyclic) bond motifs is 5. The third kappa shape index (κ3) is 6.75. The van der Waals surface area contributed by atoms with Crippen molar-refractivity contribution in [1.82, 2.24) is 4.57 Å². The Kier molecular flexibility index (Phi) is 9.43. The van der Waals surface area contributed by atoms with E-state index < -0.39 is 0 Å². The summed E-state index contributed by atoms with van der Waals surface area (Å²) in [5.41, 5.74) is 17.9. The van der Waals surface area contributed by atoms with Crippen LogP contribution in [0.3, 0.4) is 0 Å². The van der Waals surface area contributed by atoms with Gasteiger partial charge in [0.1, 0.15) is 0 Å². The van der Waals surface area contributed by atoms with Crippen LogP contribution in [0.2, 0.25) is 0 Å². The first-order valence-corrected chi connectivity index (χ1v) is 22.4. The van der Waals surface area contributed by atoms with Crippen molar-refractivity contribution in [2.75, 3.05) is 4.90 Å². The molecule has 0 spiro atoms. The summed E-state index contributed by atoms with van der Waals surface area (Å²) in [6, 6.07) is 90.6. The van der Waals surface area contributed by atoms with Gasteiger partial charge in [0.25, 0.3) is 0 Å². The van der Waals surface area contributed by atoms with Crippen molar-refractivity contribution in [2.45, 2.75) is 6.92 Å². The molecule has 1 heterocycles. The number of para-hydroxylation sites is 3. The van der Waals surface area contributed by atoms with E-state index in [1.54, 1.807) is 0 Å². The molecule has 12 rings (SSSR count). The molecule has 0 atom stereocenters. The summed E-state index contributed by atoms with van der Waals surface area (Å²) in [4.78, 5) is 2.34. The molecule has 12 aromatic rings. The zero-order chi connectivity index (χ0) is 43.3. The molecule has 0 aliphatic heterocycles. The van der Waals surface area contributed by atoms with E-state index in [2.05, 4.69) is 265 Å². The van der Waals surface area contributed by atoms with Gasteiger partial charge in [-0.25, -0.2) is 0 Å². The van der Waals surface area contributed by atoms with Gasteiger partial charge in [0.15, 0.2) is 0 Å². The zero-order valence-corrected chi connectivity index (χ0v) is 36.1. The lowest BCUT2D eigenvalue weighted by Gasteiger charge is -2.26. The number of rotatable bonds is 8. The fourth-order valence-electron chi connectivity index (χ4n) is 9.98. The van der Waals surface area contributed by atoms with E-state index in [0.29, 0.717) is 0 Å². The molecule has 0 bridgehead atoms. The molecule has 2 heteroatoms. The highest BCUT2D eigenvalue weighted by atomic mass is 15.1. The van der Waals surface area contributed by atoms with Crippen LogP contribution >= 0.6 is 0 Å². The van der Waals surface area contributed by atoms with Crippen LogP contribution in [0.1, 0.15) is 5.56 Å². The molecule has 0 saturated carbocycles. The number of benzene rings is 11. The molecular formula is C63H44N2. The van der Waals surface area contributed by atoms with E-state index in [9.17, 15) is 0 Å². The van der Waals surface area contributed by atoms with Gasteiger partial charge < -0.3 is 9.47 Å². The topological polar surface area (TPSA) is 8.17 Å². The molecule has 0 amide bonds. The van der Waals surface area contributed by atoms with E-state index in [0.717, 1.165) is 22.7 Å². The molecule has 0 N–H and O–H groups in total. The van der Waals surface area contributed by atoms with Crippen LogP contribution in [0.25, 0.3) is 93.5 Å². The molecular weight excluding hydrogens is 785 g/mol. The summed E-state index contributed by atoms with van der Waals surface area (Å²) in [7, 11) is 0. The van der Waals surface area contributed by atoms with Gasteiger partial charge in [0.2, 0.25) is 0 Å². The minimum atomic E-state index is 1.10. The van der Waals surface area contributed by atoms with Crippen molar-refractivity contribution in [1.29, 1.82) is 0 Å². The second-order valence-electron chi connectivity index (χ2n) is 17.0. The first-order valence-electron chi connectivity index (χ1n) is 22.4. The Bertz CT molecular complexity index is 3610. The predicted octanol–water partition coefficient (Wildman–Crippen LogP) is 17.5. The van der Waals surface area contributed by atoms with E-state index in [1.807, 2.05) is 0 Å². The number of hydrogen-bond acceptors (Lipinski definition) is 1. The standard InChI is InChI=1S/C63H44N2/c1-43-24-41-58-59(42-43)63(49-31-25-45(26-32-49)44-14-4-2-5-15-44)57-21-9-8-20-56(57)62(58)48-29-27-46(28-30-48)47-33-35-51(36-34-47)64(50-16-6-3-7-17-50)52-37-39-53(40-38-52)65-60-22-12-10-18-54(60)55-19-11-13-23-61(55)65/h2-42H,1H3. The van der Waals surface area contributed by atoms with Gasteiger partial charge >= 0.3 is 0 Å². The van der Waals surface area contributed by atoms with Gasteiger partial charge in [-0.2, -0.15) is 0 Å². The van der Waals surface area contributed by atoms with Crippen molar-refractivity contribution < 1.29 is 0 Å². The number of aromatic nitrogens is 1. The Balaban J connectivity index is 0.885. The SMILES string of the molecule is Cc1ccc2c(-c3ccc(-c4ccc(N(c5ccccc5)c5ccc(-n6c7ccccc7c7ccccc76)cc5)cc4)cc3)c3ccccc3c(-c3ccc(-c4ccccc4)cc3)c2c1. The highest BCUT2D eigenvalue weighted by Crippen LogP contribution is 2.45. The maximum atomic E-state index is 2.37. The largest absolute Gasteiger partial charge is 0.311 e. The molecule has 306 valence electrons. The van der Waals surface area contributed by atoms with Gasteiger partial charge in [-0.15, -0.1) is 0 Å². The minimum Gasteiger partial charge on any atom is -0.311 e. The normalized spacial score (nSPS) is 11.5. The van der Waals surface area contributed by atoms with Crippen LogP contribution in [-0.4, -0.2) is 4.57 Å². The molecule has 0 aliphatic rings. The van der Waals surface area contributed by atoms with Crippen molar-refractivity contribution in [2.24, 2.45) is 0 Å². The van der Waals surface area contributed by atoms with E-state index in [4.69, 9.17) is 0 Å². The molecule has 0 aliphatic carbocycles.